The molecular formula is C31H28ClN3O5S2. The van der Waals surface area contributed by atoms with Gasteiger partial charge in [-0.25, -0.2) is 0 Å². The van der Waals surface area contributed by atoms with Gasteiger partial charge in [0.2, 0.25) is 5.13 Å². The van der Waals surface area contributed by atoms with E-state index in [1.807, 2.05) is 24.3 Å². The second-order valence-electron chi connectivity index (χ2n) is 9.41. The van der Waals surface area contributed by atoms with Crippen LogP contribution in [0.4, 0.5) is 5.13 Å². The summed E-state index contributed by atoms with van der Waals surface area (Å²) in [6.45, 7) is 2.61. The normalized spacial score (nSPS) is 16.2. The van der Waals surface area contributed by atoms with Crippen molar-refractivity contribution in [3.05, 3.63) is 100 Å². The van der Waals surface area contributed by atoms with Crippen LogP contribution in [0.2, 0.25) is 5.02 Å². The Morgan fingerprint density at radius 3 is 2.52 bits per heavy atom. The second kappa shape index (κ2) is 13.4. The van der Waals surface area contributed by atoms with Gasteiger partial charge in [-0.2, -0.15) is 0 Å². The molecule has 42 heavy (non-hydrogen) atoms. The standard InChI is InChI=1S/C31H28ClN3O5S2/c1-3-4-16-40-23-15-12-21(17-24(23)39-2)26-25(27(36)20-8-6-5-7-9-20)28(37)29(38)35(26)30-33-34-31(42-30)41-18-19-10-13-22(32)14-11-19/h5-15,17,26,36H,3-4,16,18H2,1-2H3/b27-25-. The van der Waals surface area contributed by atoms with Crippen molar-refractivity contribution in [3.8, 4) is 11.5 Å². The van der Waals surface area contributed by atoms with Gasteiger partial charge >= 0.3 is 5.91 Å². The van der Waals surface area contributed by atoms with E-state index in [-0.39, 0.29) is 16.5 Å². The number of Topliss-reactive ketones (excluding diaryl/α,β-unsaturated/α-hetero) is 1. The molecule has 0 bridgehead atoms. The fourth-order valence-electron chi connectivity index (χ4n) is 4.48. The summed E-state index contributed by atoms with van der Waals surface area (Å²) in [7, 11) is 1.53. The van der Waals surface area contributed by atoms with Crippen LogP contribution in [-0.2, 0) is 15.3 Å². The third kappa shape index (κ3) is 6.30. The molecule has 0 radical (unpaired) electrons. The number of hydrogen-bond donors (Lipinski definition) is 1. The Balaban J connectivity index is 1.54. The molecule has 1 aliphatic heterocycles. The molecule has 216 valence electrons. The lowest BCUT2D eigenvalue weighted by Gasteiger charge is -2.23. The van der Waals surface area contributed by atoms with Gasteiger partial charge in [0, 0.05) is 16.3 Å². The van der Waals surface area contributed by atoms with Crippen LogP contribution in [0.1, 0.15) is 42.5 Å². The highest BCUT2D eigenvalue weighted by Gasteiger charge is 2.48. The zero-order valence-corrected chi connectivity index (χ0v) is 25.3. The van der Waals surface area contributed by atoms with Crippen molar-refractivity contribution in [1.29, 1.82) is 0 Å². The molecule has 8 nitrogen and oxygen atoms in total. The molecule has 1 unspecified atom stereocenters. The second-order valence-corrected chi connectivity index (χ2v) is 12.0. The summed E-state index contributed by atoms with van der Waals surface area (Å²) in [6, 6.07) is 20.5. The number of unbranched alkanes of at least 4 members (excludes halogenated alkanes) is 1. The van der Waals surface area contributed by atoms with E-state index in [1.54, 1.807) is 48.5 Å². The molecule has 2 heterocycles. The number of methoxy groups -OCH3 is 1. The van der Waals surface area contributed by atoms with E-state index in [0.717, 1.165) is 18.4 Å². The highest BCUT2D eigenvalue weighted by atomic mass is 35.5. The maximum absolute atomic E-state index is 13.5. The Kier molecular flexibility index (Phi) is 9.46. The van der Waals surface area contributed by atoms with Gasteiger partial charge < -0.3 is 14.6 Å². The van der Waals surface area contributed by atoms with Crippen molar-refractivity contribution >= 4 is 57.3 Å². The van der Waals surface area contributed by atoms with Crippen LogP contribution >= 0.6 is 34.7 Å². The largest absolute Gasteiger partial charge is 0.507 e. The molecule has 0 spiro atoms. The highest BCUT2D eigenvalue weighted by molar-refractivity contribution is 8.00. The fraction of sp³-hybridized carbons (Fsp3) is 0.226. The monoisotopic (exact) mass is 621 g/mol. The van der Waals surface area contributed by atoms with Gasteiger partial charge in [0.05, 0.1) is 25.3 Å². The Morgan fingerprint density at radius 1 is 1.05 bits per heavy atom. The van der Waals surface area contributed by atoms with Crippen LogP contribution in [0.5, 0.6) is 11.5 Å². The molecule has 1 amide bonds. The predicted octanol–water partition coefficient (Wildman–Crippen LogP) is 7.30. The first-order valence-corrected chi connectivity index (χ1v) is 15.5. The summed E-state index contributed by atoms with van der Waals surface area (Å²) in [5.74, 6) is -0.264. The first-order valence-electron chi connectivity index (χ1n) is 13.3. The van der Waals surface area contributed by atoms with Gasteiger partial charge in [0.15, 0.2) is 15.8 Å². The summed E-state index contributed by atoms with van der Waals surface area (Å²) in [5.41, 5.74) is 1.98. The Morgan fingerprint density at radius 2 is 1.81 bits per heavy atom. The minimum atomic E-state index is -0.967. The number of anilines is 1. The van der Waals surface area contributed by atoms with Gasteiger partial charge in [0.1, 0.15) is 5.76 Å². The Bertz CT molecular complexity index is 1610. The number of benzene rings is 3. The smallest absolute Gasteiger partial charge is 0.301 e. The van der Waals surface area contributed by atoms with E-state index < -0.39 is 17.7 Å². The minimum absolute atomic E-state index is 0.0431. The Hall–Kier alpha value is -3.86. The third-order valence-electron chi connectivity index (χ3n) is 6.63. The van der Waals surface area contributed by atoms with Gasteiger partial charge in [0.25, 0.3) is 5.78 Å². The Labute approximate surface area is 257 Å². The number of aliphatic hydroxyl groups excluding tert-OH is 1. The van der Waals surface area contributed by atoms with Gasteiger partial charge in [-0.15, -0.1) is 10.2 Å². The minimum Gasteiger partial charge on any atom is -0.507 e. The van der Waals surface area contributed by atoms with Crippen molar-refractivity contribution in [1.82, 2.24) is 10.2 Å². The molecular weight excluding hydrogens is 594 g/mol. The molecule has 1 fully saturated rings. The summed E-state index contributed by atoms with van der Waals surface area (Å²) in [6.07, 6.45) is 1.87. The van der Waals surface area contributed by atoms with Crippen molar-refractivity contribution in [2.45, 2.75) is 35.9 Å². The lowest BCUT2D eigenvalue weighted by Crippen LogP contribution is -2.29. The first kappa shape index (κ1) is 29.6. The number of rotatable bonds is 11. The van der Waals surface area contributed by atoms with Crippen LogP contribution in [0.25, 0.3) is 5.76 Å². The SMILES string of the molecule is CCCCOc1ccc(C2/C(=C(/O)c3ccccc3)C(=O)C(=O)N2c2nnc(SCc3ccc(Cl)cc3)s2)cc1OC. The molecule has 11 heteroatoms. The number of thioether (sulfide) groups is 1. The maximum atomic E-state index is 13.5. The number of hydrogen-bond acceptors (Lipinski definition) is 9. The number of carbonyl (C=O) groups excluding carboxylic acids is 2. The van der Waals surface area contributed by atoms with Gasteiger partial charge in [-0.3, -0.25) is 14.5 Å². The topological polar surface area (TPSA) is 102 Å². The van der Waals surface area contributed by atoms with Crippen molar-refractivity contribution in [2.24, 2.45) is 0 Å². The number of nitrogens with zero attached hydrogens (tertiary/aromatic N) is 3. The molecule has 1 saturated heterocycles. The van der Waals surface area contributed by atoms with Crippen LogP contribution in [0, 0.1) is 0 Å². The maximum Gasteiger partial charge on any atom is 0.301 e. The van der Waals surface area contributed by atoms with Gasteiger partial charge in [-0.05, 0) is 41.8 Å². The lowest BCUT2D eigenvalue weighted by atomic mass is 9.95. The van der Waals surface area contributed by atoms with E-state index in [2.05, 4.69) is 17.1 Å². The summed E-state index contributed by atoms with van der Waals surface area (Å²) < 4.78 is 12.1. The number of halogens is 1. The van der Waals surface area contributed by atoms with Crippen LogP contribution in [-0.4, -0.2) is 40.7 Å². The van der Waals surface area contributed by atoms with Crippen LogP contribution < -0.4 is 14.4 Å². The lowest BCUT2D eigenvalue weighted by molar-refractivity contribution is -0.132. The number of ether oxygens (including phenoxy) is 2. The summed E-state index contributed by atoms with van der Waals surface area (Å²) in [4.78, 5) is 28.3. The van der Waals surface area contributed by atoms with E-state index in [1.165, 1.54) is 35.1 Å². The number of ketones is 1. The third-order valence-corrected chi connectivity index (χ3v) is 9.01. The summed E-state index contributed by atoms with van der Waals surface area (Å²) >= 11 is 8.66. The molecule has 1 aromatic heterocycles. The quantitative estimate of drug-likeness (QED) is 0.0465. The zero-order valence-electron chi connectivity index (χ0n) is 23.0. The van der Waals surface area contributed by atoms with E-state index >= 15 is 0 Å². The average molecular weight is 622 g/mol. The van der Waals surface area contributed by atoms with Crippen molar-refractivity contribution < 1.29 is 24.2 Å². The zero-order chi connectivity index (χ0) is 29.6. The van der Waals surface area contributed by atoms with E-state index in [9.17, 15) is 14.7 Å². The predicted molar refractivity (Wildman–Crippen MR) is 166 cm³/mol. The molecule has 0 saturated carbocycles. The molecule has 3 aromatic carbocycles. The molecule has 1 N–H and O–H groups in total. The summed E-state index contributed by atoms with van der Waals surface area (Å²) in [5, 5.41) is 20.8. The van der Waals surface area contributed by atoms with Crippen molar-refractivity contribution in [2.75, 3.05) is 18.6 Å². The molecule has 5 rings (SSSR count). The average Bonchev–Trinajstić information content (AvgIpc) is 3.59. The number of aliphatic hydroxyl groups is 1. The number of amides is 1. The molecule has 0 aliphatic carbocycles. The molecule has 1 aliphatic rings. The van der Waals surface area contributed by atoms with Crippen LogP contribution in [0.3, 0.4) is 0 Å². The van der Waals surface area contributed by atoms with E-state index in [4.69, 9.17) is 21.1 Å². The highest BCUT2D eigenvalue weighted by Crippen LogP contribution is 2.45. The van der Waals surface area contributed by atoms with E-state index in [0.29, 0.717) is 44.3 Å². The number of aromatic nitrogens is 2. The molecule has 1 atom stereocenters. The fourth-order valence-corrected chi connectivity index (χ4v) is 6.43. The molecule has 4 aromatic rings. The first-order chi connectivity index (χ1) is 20.4. The van der Waals surface area contributed by atoms with Crippen LogP contribution in [0.15, 0.2) is 82.7 Å². The van der Waals surface area contributed by atoms with Crippen molar-refractivity contribution in [3.63, 3.8) is 0 Å². The van der Waals surface area contributed by atoms with Gasteiger partial charge in [-0.1, -0.05) is 96.6 Å². The number of carbonyl (C=O) groups is 2.